The van der Waals surface area contributed by atoms with Crippen LogP contribution < -0.4 is 5.32 Å². The van der Waals surface area contributed by atoms with Gasteiger partial charge in [-0.25, -0.2) is 4.90 Å². The molecule has 1 atom stereocenters. The molecule has 1 saturated heterocycles. The van der Waals surface area contributed by atoms with Crippen molar-refractivity contribution in [1.82, 2.24) is 10.2 Å². The molecule has 3 N–H and O–H groups in total. The number of hydrogen-bond acceptors (Lipinski definition) is 9. The molecule has 1 aliphatic rings. The fourth-order valence-corrected chi connectivity index (χ4v) is 3.66. The van der Waals surface area contributed by atoms with Gasteiger partial charge in [0.05, 0.1) is 5.56 Å². The number of phenols is 1. The predicted octanol–water partition coefficient (Wildman–Crippen LogP) is 1.51. The summed E-state index contributed by atoms with van der Waals surface area (Å²) in [4.78, 5) is 37.1. The number of azide groups is 1. The second kappa shape index (κ2) is 9.26. The largest absolute Gasteiger partial charge is 0.507 e. The number of thiocarbonyl (C=S) groups is 1. The highest BCUT2D eigenvalue weighted by atomic mass is 32.2. The Bertz CT molecular complexity index is 1080. The maximum absolute atomic E-state index is 12.8. The van der Waals surface area contributed by atoms with Crippen LogP contribution in [0.5, 0.6) is 5.75 Å². The van der Waals surface area contributed by atoms with Crippen LogP contribution in [0.2, 0.25) is 0 Å². The number of carbonyl (C=O) groups excluding carboxylic acids is 3. The normalized spacial score (nSPS) is 15.7. The Morgan fingerprint density at radius 3 is 2.48 bits per heavy atom. The first-order valence-corrected chi connectivity index (χ1v) is 10.5. The topological polar surface area (TPSA) is 199 Å². The predicted molar refractivity (Wildman–Crippen MR) is 109 cm³/mol. The Morgan fingerprint density at radius 1 is 1.39 bits per heavy atom. The standard InChI is InChI=1S/C16H17N5O8S2/c1-2-14(30)29-8-16(31(26,27)28,21-12(23)5-6-13(21)24)18-15(25)10-4-3-9(19-20-17)7-11(10)22/h3-4,7,22H,2,5-6,8H2,1H3,(H,18,25)(H,26,27,28). The van der Waals surface area contributed by atoms with Gasteiger partial charge in [0.2, 0.25) is 11.8 Å². The molecule has 1 fully saturated rings. The van der Waals surface area contributed by atoms with E-state index in [9.17, 15) is 32.5 Å². The Hall–Kier alpha value is -3.26. The third-order valence-corrected chi connectivity index (χ3v) is 5.91. The van der Waals surface area contributed by atoms with Crippen molar-refractivity contribution in [1.29, 1.82) is 0 Å². The Morgan fingerprint density at radius 2 is 2.00 bits per heavy atom. The van der Waals surface area contributed by atoms with E-state index in [1.807, 2.05) is 5.32 Å². The van der Waals surface area contributed by atoms with E-state index in [0.29, 0.717) is 0 Å². The van der Waals surface area contributed by atoms with E-state index in [-0.39, 0.29) is 34.9 Å². The van der Waals surface area contributed by atoms with Crippen LogP contribution >= 0.6 is 12.2 Å². The van der Waals surface area contributed by atoms with Crippen molar-refractivity contribution in [2.24, 2.45) is 5.11 Å². The van der Waals surface area contributed by atoms with Crippen LogP contribution in [-0.4, -0.2) is 57.4 Å². The van der Waals surface area contributed by atoms with Gasteiger partial charge in [-0.2, -0.15) is 8.42 Å². The van der Waals surface area contributed by atoms with E-state index in [4.69, 9.17) is 22.5 Å². The Kier molecular flexibility index (Phi) is 7.17. The minimum atomic E-state index is -5.39. The van der Waals surface area contributed by atoms with Crippen LogP contribution in [0.15, 0.2) is 23.3 Å². The van der Waals surface area contributed by atoms with Crippen LogP contribution in [-0.2, 0) is 24.4 Å². The van der Waals surface area contributed by atoms with E-state index in [1.165, 1.54) is 0 Å². The molecule has 0 bridgehead atoms. The highest BCUT2D eigenvalue weighted by Gasteiger charge is 2.57. The molecule has 0 aliphatic carbocycles. The van der Waals surface area contributed by atoms with Crippen molar-refractivity contribution in [3.05, 3.63) is 34.2 Å². The van der Waals surface area contributed by atoms with Gasteiger partial charge in [0.25, 0.3) is 10.9 Å². The lowest BCUT2D eigenvalue weighted by Crippen LogP contribution is -2.69. The number of nitrogens with zero attached hydrogens (tertiary/aromatic N) is 4. The third-order valence-electron chi connectivity index (χ3n) is 4.25. The number of imide groups is 1. The van der Waals surface area contributed by atoms with Crippen molar-refractivity contribution < 1.29 is 37.2 Å². The van der Waals surface area contributed by atoms with E-state index >= 15 is 0 Å². The van der Waals surface area contributed by atoms with Crippen LogP contribution in [0, 0.1) is 0 Å². The van der Waals surface area contributed by atoms with E-state index < -0.39 is 50.8 Å². The molecule has 15 heteroatoms. The molecule has 1 aliphatic heterocycles. The second-order valence-corrected chi connectivity index (χ2v) is 8.32. The van der Waals surface area contributed by atoms with Gasteiger partial charge < -0.3 is 15.2 Å². The molecule has 0 aromatic heterocycles. The van der Waals surface area contributed by atoms with Gasteiger partial charge in [0.15, 0.2) is 5.05 Å². The summed E-state index contributed by atoms with van der Waals surface area (Å²) in [5, 5.41) is 15.1. The SMILES string of the molecule is CCC(=S)OCC(NC(=O)c1ccc(N=[N+]=[N-])cc1O)(N1C(=O)CCC1=O)S(=O)(=O)O. The summed E-state index contributed by atoms with van der Waals surface area (Å²) in [5.41, 5.74) is 7.90. The van der Waals surface area contributed by atoms with Crippen molar-refractivity contribution in [3.63, 3.8) is 0 Å². The van der Waals surface area contributed by atoms with Crippen LogP contribution in [0.4, 0.5) is 5.69 Å². The zero-order valence-corrected chi connectivity index (χ0v) is 17.6. The maximum Gasteiger partial charge on any atom is 0.313 e. The summed E-state index contributed by atoms with van der Waals surface area (Å²) in [5.74, 6) is -3.93. The summed E-state index contributed by atoms with van der Waals surface area (Å²) in [6.07, 6.45) is -0.541. The fraction of sp³-hybridized carbons (Fsp3) is 0.375. The average molecular weight is 471 g/mol. The molecule has 1 aromatic carbocycles. The molecule has 0 saturated carbocycles. The Labute approximate surface area is 181 Å². The monoisotopic (exact) mass is 471 g/mol. The molecule has 1 unspecified atom stereocenters. The number of hydrogen-bond donors (Lipinski definition) is 3. The smallest absolute Gasteiger partial charge is 0.313 e. The minimum Gasteiger partial charge on any atom is -0.507 e. The number of carbonyl (C=O) groups is 3. The van der Waals surface area contributed by atoms with Crippen molar-refractivity contribution in [3.8, 4) is 5.75 Å². The summed E-state index contributed by atoms with van der Waals surface area (Å²) >= 11 is 4.87. The minimum absolute atomic E-state index is 0.0425. The maximum atomic E-state index is 12.8. The fourth-order valence-electron chi connectivity index (χ4n) is 2.74. The number of nitrogens with one attached hydrogen (secondary N) is 1. The molecule has 2 rings (SSSR count). The first-order chi connectivity index (χ1) is 14.5. The van der Waals surface area contributed by atoms with Gasteiger partial charge in [-0.1, -0.05) is 18.1 Å². The van der Waals surface area contributed by atoms with Crippen molar-refractivity contribution in [2.75, 3.05) is 6.61 Å². The number of aromatic hydroxyl groups is 1. The van der Waals surface area contributed by atoms with Crippen molar-refractivity contribution >= 4 is 50.8 Å². The lowest BCUT2D eigenvalue weighted by atomic mass is 10.1. The van der Waals surface area contributed by atoms with E-state index in [2.05, 4.69) is 10.0 Å². The molecule has 0 spiro atoms. The molecule has 13 nitrogen and oxygen atoms in total. The lowest BCUT2D eigenvalue weighted by molar-refractivity contribution is -0.144. The summed E-state index contributed by atoms with van der Waals surface area (Å²) in [6.45, 7) is 0.505. The van der Waals surface area contributed by atoms with Crippen LogP contribution in [0.1, 0.15) is 36.5 Å². The number of phenolic OH excluding ortho intramolecular Hbond substituents is 1. The molecule has 1 aromatic rings. The molecule has 31 heavy (non-hydrogen) atoms. The third kappa shape index (κ3) is 4.91. The quantitative estimate of drug-likeness (QED) is 0.125. The second-order valence-electron chi connectivity index (χ2n) is 6.24. The number of amides is 3. The summed E-state index contributed by atoms with van der Waals surface area (Å²) in [7, 11) is -5.39. The number of rotatable bonds is 8. The van der Waals surface area contributed by atoms with Gasteiger partial charge in [-0.05, 0) is 29.9 Å². The van der Waals surface area contributed by atoms with Gasteiger partial charge in [-0.3, -0.25) is 18.9 Å². The van der Waals surface area contributed by atoms with Crippen LogP contribution in [0.25, 0.3) is 10.4 Å². The van der Waals surface area contributed by atoms with Gasteiger partial charge in [0.1, 0.15) is 12.4 Å². The molecule has 166 valence electrons. The Balaban J connectivity index is 2.57. The molecule has 0 radical (unpaired) electrons. The zero-order valence-electron chi connectivity index (χ0n) is 16.0. The van der Waals surface area contributed by atoms with Gasteiger partial charge in [0, 0.05) is 29.9 Å². The number of likely N-dealkylation sites (tertiary alicyclic amines) is 1. The lowest BCUT2D eigenvalue weighted by Gasteiger charge is -2.37. The summed E-state index contributed by atoms with van der Waals surface area (Å²) < 4.78 is 39.8. The molecule has 1 heterocycles. The summed E-state index contributed by atoms with van der Waals surface area (Å²) in [6, 6.07) is 3.09. The van der Waals surface area contributed by atoms with Crippen LogP contribution in [0.3, 0.4) is 0 Å². The van der Waals surface area contributed by atoms with E-state index in [1.54, 1.807) is 6.92 Å². The number of ether oxygens (including phenoxy) is 1. The molecule has 3 amide bonds. The molecular weight excluding hydrogens is 454 g/mol. The van der Waals surface area contributed by atoms with Crippen molar-refractivity contribution in [2.45, 2.75) is 31.2 Å². The first-order valence-electron chi connectivity index (χ1n) is 8.66. The van der Waals surface area contributed by atoms with Gasteiger partial charge >= 0.3 is 10.1 Å². The van der Waals surface area contributed by atoms with E-state index in [0.717, 1.165) is 18.2 Å². The first kappa shape index (κ1) is 24.0. The highest BCUT2D eigenvalue weighted by molar-refractivity contribution is 7.87. The van der Waals surface area contributed by atoms with Gasteiger partial charge in [-0.15, -0.1) is 0 Å². The number of benzene rings is 1. The average Bonchev–Trinajstić information content (AvgIpc) is 3.02. The highest BCUT2D eigenvalue weighted by Crippen LogP contribution is 2.30. The molecular formula is C16H17N5O8S2. The zero-order chi connectivity index (χ0) is 23.4.